The Bertz CT molecular complexity index is 702. The maximum Gasteiger partial charge on any atom is 0.208 e. The summed E-state index contributed by atoms with van der Waals surface area (Å²) in [5, 5.41) is 0. The van der Waals surface area contributed by atoms with Crippen LogP contribution < -0.4 is 4.72 Å². The van der Waals surface area contributed by atoms with Gasteiger partial charge in [0.15, 0.2) is 0 Å². The Hall–Kier alpha value is -1.65. The van der Waals surface area contributed by atoms with E-state index in [0.717, 1.165) is 11.1 Å². The SMILES string of the molecule is [CH2][C@H](C)c1ccc(-c2ccc(CCNS(C)(=O)=O)cc2)cc1. The summed E-state index contributed by atoms with van der Waals surface area (Å²) in [6, 6.07) is 16.6. The van der Waals surface area contributed by atoms with Crippen LogP contribution in [0, 0.1) is 6.92 Å². The van der Waals surface area contributed by atoms with Crippen LogP contribution in [0.15, 0.2) is 48.5 Å². The normalized spacial score (nSPS) is 11.8. The molecule has 1 atom stereocenters. The van der Waals surface area contributed by atoms with Crippen LogP contribution in [0.25, 0.3) is 11.1 Å². The summed E-state index contributed by atoms with van der Waals surface area (Å²) >= 11 is 0. The molecular weight excluding hydrogens is 294 g/mol. The summed E-state index contributed by atoms with van der Waals surface area (Å²) in [6.07, 6.45) is 1.86. The van der Waals surface area contributed by atoms with Crippen LogP contribution in [0.5, 0.6) is 0 Å². The summed E-state index contributed by atoms with van der Waals surface area (Å²) < 4.78 is 24.5. The summed E-state index contributed by atoms with van der Waals surface area (Å²) in [5.41, 5.74) is 4.67. The van der Waals surface area contributed by atoms with Crippen LogP contribution in [0.4, 0.5) is 0 Å². The van der Waals surface area contributed by atoms with E-state index in [9.17, 15) is 8.42 Å². The van der Waals surface area contributed by atoms with Crippen molar-refractivity contribution in [1.82, 2.24) is 4.72 Å². The fourth-order valence-corrected chi connectivity index (χ4v) is 2.72. The molecule has 22 heavy (non-hydrogen) atoms. The highest BCUT2D eigenvalue weighted by Crippen LogP contribution is 2.23. The summed E-state index contributed by atoms with van der Waals surface area (Å²) in [5.74, 6) is 0.291. The molecule has 0 saturated heterocycles. The van der Waals surface area contributed by atoms with Crippen molar-refractivity contribution < 1.29 is 8.42 Å². The van der Waals surface area contributed by atoms with E-state index in [1.165, 1.54) is 17.4 Å². The first-order valence-electron chi connectivity index (χ1n) is 7.32. The predicted octanol–water partition coefficient (Wildman–Crippen LogP) is 3.38. The molecule has 4 heteroatoms. The standard InChI is InChI=1S/C18H22NO2S/c1-14(2)16-8-10-18(11-9-16)17-6-4-15(5-7-17)12-13-19-22(3,20)21/h4-11,14,19H,1,12-13H2,2-3H3/t14-/m1/s1. The highest BCUT2D eigenvalue weighted by atomic mass is 32.2. The Morgan fingerprint density at radius 3 is 1.95 bits per heavy atom. The maximum absolute atomic E-state index is 11.0. The van der Waals surface area contributed by atoms with Crippen molar-refractivity contribution in [3.05, 3.63) is 66.6 Å². The van der Waals surface area contributed by atoms with Crippen molar-refractivity contribution in [2.45, 2.75) is 19.3 Å². The van der Waals surface area contributed by atoms with Crippen LogP contribution >= 0.6 is 0 Å². The highest BCUT2D eigenvalue weighted by molar-refractivity contribution is 7.88. The van der Waals surface area contributed by atoms with E-state index in [1.54, 1.807) is 0 Å². The topological polar surface area (TPSA) is 46.2 Å². The van der Waals surface area contributed by atoms with E-state index in [4.69, 9.17) is 0 Å². The van der Waals surface area contributed by atoms with Crippen LogP contribution in [0.1, 0.15) is 24.0 Å². The molecule has 1 N–H and O–H groups in total. The molecule has 0 aliphatic carbocycles. The van der Waals surface area contributed by atoms with Gasteiger partial charge in [0.25, 0.3) is 0 Å². The average Bonchev–Trinajstić information content (AvgIpc) is 2.47. The lowest BCUT2D eigenvalue weighted by molar-refractivity contribution is 0.588. The molecular formula is C18H22NO2S. The van der Waals surface area contributed by atoms with E-state index in [0.29, 0.717) is 18.9 Å². The predicted molar refractivity (Wildman–Crippen MR) is 92.2 cm³/mol. The lowest BCUT2D eigenvalue weighted by Crippen LogP contribution is -2.24. The number of hydrogen-bond acceptors (Lipinski definition) is 2. The molecule has 0 heterocycles. The lowest BCUT2D eigenvalue weighted by atomic mass is 9.98. The molecule has 0 aliphatic rings. The largest absolute Gasteiger partial charge is 0.215 e. The number of nitrogens with one attached hydrogen (secondary N) is 1. The minimum absolute atomic E-state index is 0.291. The molecule has 0 aliphatic heterocycles. The van der Waals surface area contributed by atoms with Crippen molar-refractivity contribution in [3.63, 3.8) is 0 Å². The first-order chi connectivity index (χ1) is 10.3. The number of benzene rings is 2. The molecule has 0 amide bonds. The summed E-state index contributed by atoms with van der Waals surface area (Å²) in [6.45, 7) is 6.52. The molecule has 0 fully saturated rings. The van der Waals surface area contributed by atoms with Crippen LogP contribution in [-0.4, -0.2) is 21.2 Å². The minimum Gasteiger partial charge on any atom is -0.215 e. The Kier molecular flexibility index (Phi) is 5.37. The van der Waals surface area contributed by atoms with Crippen molar-refractivity contribution in [3.8, 4) is 11.1 Å². The molecule has 1 radical (unpaired) electrons. The van der Waals surface area contributed by atoms with Gasteiger partial charge in [-0.3, -0.25) is 0 Å². The van der Waals surface area contributed by atoms with Gasteiger partial charge in [0.2, 0.25) is 10.0 Å². The van der Waals surface area contributed by atoms with Crippen molar-refractivity contribution in [1.29, 1.82) is 0 Å². The zero-order valence-corrected chi connectivity index (χ0v) is 13.9. The van der Waals surface area contributed by atoms with Gasteiger partial charge in [-0.25, -0.2) is 13.1 Å². The lowest BCUT2D eigenvalue weighted by Gasteiger charge is -2.08. The molecule has 0 aromatic heterocycles. The van der Waals surface area contributed by atoms with E-state index in [2.05, 4.69) is 55.0 Å². The van der Waals surface area contributed by atoms with Crippen molar-refractivity contribution in [2.75, 3.05) is 12.8 Å². The first-order valence-corrected chi connectivity index (χ1v) is 9.21. The summed E-state index contributed by atoms with van der Waals surface area (Å²) in [7, 11) is -3.11. The zero-order chi connectivity index (χ0) is 16.2. The van der Waals surface area contributed by atoms with Gasteiger partial charge >= 0.3 is 0 Å². The molecule has 2 rings (SSSR count). The molecule has 2 aromatic rings. The van der Waals surface area contributed by atoms with Gasteiger partial charge < -0.3 is 0 Å². The zero-order valence-electron chi connectivity index (χ0n) is 13.0. The van der Waals surface area contributed by atoms with Crippen LogP contribution in [0.3, 0.4) is 0 Å². The quantitative estimate of drug-likeness (QED) is 0.888. The fourth-order valence-electron chi connectivity index (χ4n) is 2.25. The number of rotatable bonds is 6. The van der Waals surface area contributed by atoms with Crippen molar-refractivity contribution >= 4 is 10.0 Å². The molecule has 0 spiro atoms. The van der Waals surface area contributed by atoms with Gasteiger partial charge in [0.1, 0.15) is 0 Å². The first kappa shape index (κ1) is 16.7. The second-order valence-electron chi connectivity index (χ2n) is 5.64. The molecule has 3 nitrogen and oxygen atoms in total. The Morgan fingerprint density at radius 2 is 1.50 bits per heavy atom. The number of sulfonamides is 1. The Morgan fingerprint density at radius 1 is 1.00 bits per heavy atom. The Labute approximate surface area is 133 Å². The van der Waals surface area contributed by atoms with E-state index < -0.39 is 10.0 Å². The van der Waals surface area contributed by atoms with Crippen LogP contribution in [0.2, 0.25) is 0 Å². The molecule has 117 valence electrons. The molecule has 0 saturated carbocycles. The van der Waals surface area contributed by atoms with E-state index in [1.807, 2.05) is 12.1 Å². The highest BCUT2D eigenvalue weighted by Gasteiger charge is 2.03. The third kappa shape index (κ3) is 4.97. The summed E-state index contributed by atoms with van der Waals surface area (Å²) in [4.78, 5) is 0. The fraction of sp³-hybridized carbons (Fsp3) is 0.278. The maximum atomic E-state index is 11.0. The number of hydrogen-bond donors (Lipinski definition) is 1. The second-order valence-corrected chi connectivity index (χ2v) is 7.47. The monoisotopic (exact) mass is 316 g/mol. The molecule has 0 bridgehead atoms. The van der Waals surface area contributed by atoms with Gasteiger partial charge in [-0.1, -0.05) is 55.5 Å². The second kappa shape index (κ2) is 7.07. The molecule has 0 unspecified atom stereocenters. The van der Waals surface area contributed by atoms with Gasteiger partial charge in [-0.05, 0) is 41.5 Å². The Balaban J connectivity index is 2.02. The van der Waals surface area contributed by atoms with Gasteiger partial charge in [0, 0.05) is 6.54 Å². The van der Waals surface area contributed by atoms with Crippen molar-refractivity contribution in [2.24, 2.45) is 0 Å². The van der Waals surface area contributed by atoms with Gasteiger partial charge in [-0.15, -0.1) is 0 Å². The smallest absolute Gasteiger partial charge is 0.208 e. The minimum atomic E-state index is -3.11. The van der Waals surface area contributed by atoms with E-state index >= 15 is 0 Å². The van der Waals surface area contributed by atoms with Gasteiger partial charge in [0.05, 0.1) is 6.26 Å². The van der Waals surface area contributed by atoms with Gasteiger partial charge in [-0.2, -0.15) is 0 Å². The average molecular weight is 316 g/mol. The third-order valence-corrected chi connectivity index (χ3v) is 4.27. The van der Waals surface area contributed by atoms with E-state index in [-0.39, 0.29) is 0 Å². The third-order valence-electron chi connectivity index (χ3n) is 3.54. The molecule has 2 aromatic carbocycles. The van der Waals surface area contributed by atoms with Crippen LogP contribution in [-0.2, 0) is 16.4 Å².